The monoisotopic (exact) mass is 293 g/mol. The highest BCUT2D eigenvalue weighted by molar-refractivity contribution is 5.96. The van der Waals surface area contributed by atoms with Crippen molar-refractivity contribution in [1.29, 1.82) is 0 Å². The summed E-state index contributed by atoms with van der Waals surface area (Å²) in [6.45, 7) is 9.16. The molecule has 0 aliphatic rings. The van der Waals surface area contributed by atoms with Crippen molar-refractivity contribution in [1.82, 2.24) is 4.90 Å². The predicted molar refractivity (Wildman–Crippen MR) is 87.6 cm³/mol. The van der Waals surface area contributed by atoms with E-state index in [0.29, 0.717) is 17.1 Å². The average molecular weight is 293 g/mol. The van der Waals surface area contributed by atoms with E-state index in [1.54, 1.807) is 25.3 Å². The lowest BCUT2D eigenvalue weighted by molar-refractivity contribution is -0.120. The Bertz CT molecular complexity index is 495. The van der Waals surface area contributed by atoms with Gasteiger partial charge in [0.25, 0.3) is 0 Å². The van der Waals surface area contributed by atoms with Crippen molar-refractivity contribution in [3.8, 4) is 5.75 Å². The fourth-order valence-corrected chi connectivity index (χ4v) is 2.15. The molecular formula is C16H27N3O2. The Hall–Kier alpha value is -1.75. The Balaban J connectivity index is 2.79. The van der Waals surface area contributed by atoms with Crippen LogP contribution in [0.4, 0.5) is 11.4 Å². The highest BCUT2D eigenvalue weighted by Gasteiger charge is 2.23. The third-order valence-electron chi connectivity index (χ3n) is 3.25. The molecule has 3 N–H and O–H groups in total. The number of amides is 1. The van der Waals surface area contributed by atoms with Crippen LogP contribution in [0, 0.1) is 5.41 Å². The third kappa shape index (κ3) is 5.27. The van der Waals surface area contributed by atoms with Gasteiger partial charge in [0, 0.05) is 12.2 Å². The fourth-order valence-electron chi connectivity index (χ4n) is 2.15. The molecule has 0 heterocycles. The number of ether oxygens (including phenoxy) is 1. The fraction of sp³-hybridized carbons (Fsp3) is 0.562. The van der Waals surface area contributed by atoms with Crippen LogP contribution in [-0.4, -0.2) is 37.6 Å². The zero-order valence-corrected chi connectivity index (χ0v) is 13.9. The van der Waals surface area contributed by atoms with Crippen molar-refractivity contribution in [2.75, 3.05) is 31.8 Å². The van der Waals surface area contributed by atoms with E-state index in [1.165, 1.54) is 0 Å². The van der Waals surface area contributed by atoms with Crippen LogP contribution >= 0.6 is 0 Å². The molecule has 0 saturated carbocycles. The van der Waals surface area contributed by atoms with Crippen LogP contribution in [0.1, 0.15) is 27.7 Å². The summed E-state index contributed by atoms with van der Waals surface area (Å²) in [4.78, 5) is 14.4. The first-order chi connectivity index (χ1) is 9.64. The minimum absolute atomic E-state index is 0.0781. The molecule has 1 amide bonds. The van der Waals surface area contributed by atoms with E-state index < -0.39 is 0 Å². The van der Waals surface area contributed by atoms with Crippen molar-refractivity contribution in [3.63, 3.8) is 0 Å². The standard InChI is InChI=1S/C16H27N3O2/c1-11(19(5)10-16(2,3)4)15(20)18-13-9-12(17)7-8-14(13)21-6/h7-9,11H,10,17H2,1-6H3,(H,18,20). The molecule has 0 bridgehead atoms. The van der Waals surface area contributed by atoms with Crippen molar-refractivity contribution in [3.05, 3.63) is 18.2 Å². The number of hydrogen-bond donors (Lipinski definition) is 2. The first-order valence-electron chi connectivity index (χ1n) is 7.08. The van der Waals surface area contributed by atoms with E-state index in [2.05, 4.69) is 26.1 Å². The van der Waals surface area contributed by atoms with Crippen molar-refractivity contribution < 1.29 is 9.53 Å². The number of hydrogen-bond acceptors (Lipinski definition) is 4. The lowest BCUT2D eigenvalue weighted by Crippen LogP contribution is -2.43. The molecule has 1 atom stereocenters. The van der Waals surface area contributed by atoms with Gasteiger partial charge in [-0.25, -0.2) is 0 Å². The summed E-state index contributed by atoms with van der Waals surface area (Å²) in [5.41, 5.74) is 7.08. The summed E-state index contributed by atoms with van der Waals surface area (Å²) < 4.78 is 5.24. The molecule has 0 aromatic heterocycles. The molecule has 5 nitrogen and oxygen atoms in total. The van der Waals surface area contributed by atoms with Crippen LogP contribution in [0.2, 0.25) is 0 Å². The van der Waals surface area contributed by atoms with E-state index in [-0.39, 0.29) is 17.4 Å². The number of benzene rings is 1. The number of anilines is 2. The molecule has 1 rings (SSSR count). The zero-order chi connectivity index (χ0) is 16.2. The second-order valence-corrected chi connectivity index (χ2v) is 6.60. The number of nitrogens with one attached hydrogen (secondary N) is 1. The maximum absolute atomic E-state index is 12.4. The van der Waals surface area contributed by atoms with Gasteiger partial charge in [0.05, 0.1) is 18.8 Å². The Morgan fingerprint density at radius 3 is 2.57 bits per heavy atom. The van der Waals surface area contributed by atoms with Crippen molar-refractivity contribution in [2.45, 2.75) is 33.7 Å². The van der Waals surface area contributed by atoms with Gasteiger partial charge in [0.15, 0.2) is 0 Å². The van der Waals surface area contributed by atoms with Gasteiger partial charge in [-0.3, -0.25) is 9.69 Å². The molecule has 0 spiro atoms. The topological polar surface area (TPSA) is 67.6 Å². The lowest BCUT2D eigenvalue weighted by Gasteiger charge is -2.30. The summed E-state index contributed by atoms with van der Waals surface area (Å²) in [5.74, 6) is 0.522. The third-order valence-corrected chi connectivity index (χ3v) is 3.25. The average Bonchev–Trinajstić information content (AvgIpc) is 2.36. The first-order valence-corrected chi connectivity index (χ1v) is 7.08. The zero-order valence-electron chi connectivity index (χ0n) is 13.9. The number of carbonyl (C=O) groups is 1. The highest BCUT2D eigenvalue weighted by Crippen LogP contribution is 2.27. The molecule has 118 valence electrons. The van der Waals surface area contributed by atoms with Crippen molar-refractivity contribution >= 4 is 17.3 Å². The molecule has 1 unspecified atom stereocenters. The molecule has 0 aliphatic heterocycles. The van der Waals surface area contributed by atoms with Gasteiger partial charge in [-0.2, -0.15) is 0 Å². The highest BCUT2D eigenvalue weighted by atomic mass is 16.5. The van der Waals surface area contributed by atoms with Gasteiger partial charge in [-0.05, 0) is 37.6 Å². The quantitative estimate of drug-likeness (QED) is 0.819. The van der Waals surface area contributed by atoms with Crippen molar-refractivity contribution in [2.24, 2.45) is 5.41 Å². The number of nitrogens with zero attached hydrogens (tertiary/aromatic N) is 1. The second kappa shape index (κ2) is 6.80. The maximum Gasteiger partial charge on any atom is 0.241 e. The number of nitrogens with two attached hydrogens (primary N) is 1. The van der Waals surface area contributed by atoms with Crippen LogP contribution in [-0.2, 0) is 4.79 Å². The normalized spacial score (nSPS) is 13.1. The SMILES string of the molecule is COc1ccc(N)cc1NC(=O)C(C)N(C)CC(C)(C)C. The van der Waals surface area contributed by atoms with E-state index >= 15 is 0 Å². The molecule has 0 radical (unpaired) electrons. The smallest absolute Gasteiger partial charge is 0.241 e. The van der Waals surface area contributed by atoms with Gasteiger partial charge >= 0.3 is 0 Å². The number of nitrogen functional groups attached to an aromatic ring is 1. The molecule has 21 heavy (non-hydrogen) atoms. The largest absolute Gasteiger partial charge is 0.495 e. The van der Waals surface area contributed by atoms with Crippen LogP contribution in [0.5, 0.6) is 5.75 Å². The Morgan fingerprint density at radius 1 is 1.43 bits per heavy atom. The Labute approximate surface area is 127 Å². The minimum atomic E-state index is -0.240. The molecule has 0 fully saturated rings. The molecule has 0 saturated heterocycles. The van der Waals surface area contributed by atoms with Gasteiger partial charge in [0.1, 0.15) is 5.75 Å². The summed E-state index contributed by atoms with van der Waals surface area (Å²) in [7, 11) is 3.52. The van der Waals surface area contributed by atoms with Gasteiger partial charge in [-0.15, -0.1) is 0 Å². The van der Waals surface area contributed by atoms with E-state index in [0.717, 1.165) is 6.54 Å². The number of methoxy groups -OCH3 is 1. The summed E-state index contributed by atoms with van der Waals surface area (Å²) >= 11 is 0. The van der Waals surface area contributed by atoms with Crippen LogP contribution < -0.4 is 15.8 Å². The molecule has 0 aliphatic carbocycles. The Kier molecular flexibility index (Phi) is 5.61. The first kappa shape index (κ1) is 17.3. The maximum atomic E-state index is 12.4. The van der Waals surface area contributed by atoms with Crippen LogP contribution in [0.3, 0.4) is 0 Å². The predicted octanol–water partition coefficient (Wildman–Crippen LogP) is 2.58. The van der Waals surface area contributed by atoms with E-state index in [4.69, 9.17) is 10.5 Å². The van der Waals surface area contributed by atoms with Crippen LogP contribution in [0.15, 0.2) is 18.2 Å². The van der Waals surface area contributed by atoms with Crippen LogP contribution in [0.25, 0.3) is 0 Å². The second-order valence-electron chi connectivity index (χ2n) is 6.60. The van der Waals surface area contributed by atoms with Gasteiger partial charge < -0.3 is 15.8 Å². The van der Waals surface area contributed by atoms with E-state index in [9.17, 15) is 4.79 Å². The minimum Gasteiger partial charge on any atom is -0.495 e. The summed E-state index contributed by atoms with van der Waals surface area (Å²) in [6.07, 6.45) is 0. The summed E-state index contributed by atoms with van der Waals surface area (Å²) in [5, 5.41) is 2.88. The Morgan fingerprint density at radius 2 is 2.05 bits per heavy atom. The molecular weight excluding hydrogens is 266 g/mol. The van der Waals surface area contributed by atoms with Gasteiger partial charge in [0.2, 0.25) is 5.91 Å². The number of likely N-dealkylation sites (N-methyl/N-ethyl adjacent to an activating group) is 1. The molecule has 5 heteroatoms. The van der Waals surface area contributed by atoms with Gasteiger partial charge in [-0.1, -0.05) is 20.8 Å². The lowest BCUT2D eigenvalue weighted by atomic mass is 9.95. The van der Waals surface area contributed by atoms with E-state index in [1.807, 2.05) is 18.9 Å². The number of carbonyl (C=O) groups excluding carboxylic acids is 1. The summed E-state index contributed by atoms with van der Waals surface area (Å²) in [6, 6.07) is 4.95. The molecule has 1 aromatic rings. The number of rotatable bonds is 5. The molecule has 1 aromatic carbocycles.